The second-order valence-electron chi connectivity index (χ2n) is 4.15. The molecule has 0 atom stereocenters. The van der Waals surface area contributed by atoms with E-state index in [2.05, 4.69) is 0 Å². The van der Waals surface area contributed by atoms with E-state index in [9.17, 15) is 4.79 Å². The highest BCUT2D eigenvalue weighted by Gasteiger charge is 1.98. The fraction of sp³-hybridized carbons (Fsp3) is 0.400. The van der Waals surface area contributed by atoms with E-state index in [-0.39, 0.29) is 12.1 Å². The summed E-state index contributed by atoms with van der Waals surface area (Å²) in [4.78, 5) is 11.1. The van der Waals surface area contributed by atoms with Crippen LogP contribution in [0.1, 0.15) is 32.8 Å². The summed E-state index contributed by atoms with van der Waals surface area (Å²) in [5, 5.41) is 0. The number of esters is 1. The summed E-state index contributed by atoms with van der Waals surface area (Å²) < 4.78 is 10.4. The fourth-order valence-corrected chi connectivity index (χ4v) is 1.44. The Morgan fingerprint density at radius 1 is 1.28 bits per heavy atom. The molecule has 18 heavy (non-hydrogen) atoms. The van der Waals surface area contributed by atoms with E-state index in [1.165, 1.54) is 0 Å². The smallest absolute Gasteiger partial charge is 0.309 e. The number of carbonyl (C=O) groups is 1. The molecule has 0 saturated carbocycles. The predicted octanol–water partition coefficient (Wildman–Crippen LogP) is 3.44. The monoisotopic (exact) mass is 248 g/mol. The van der Waals surface area contributed by atoms with Crippen LogP contribution in [0.5, 0.6) is 5.75 Å². The van der Waals surface area contributed by atoms with Crippen LogP contribution in [-0.4, -0.2) is 18.7 Å². The quantitative estimate of drug-likeness (QED) is 0.723. The van der Waals surface area contributed by atoms with Gasteiger partial charge in [0.1, 0.15) is 5.75 Å². The van der Waals surface area contributed by atoms with Gasteiger partial charge in [-0.25, -0.2) is 0 Å². The van der Waals surface area contributed by atoms with Crippen molar-refractivity contribution in [3.63, 3.8) is 0 Å². The third-order valence-corrected chi connectivity index (χ3v) is 2.15. The van der Waals surface area contributed by atoms with Crippen molar-refractivity contribution < 1.29 is 14.3 Å². The average molecular weight is 248 g/mol. The zero-order valence-electron chi connectivity index (χ0n) is 11.2. The van der Waals surface area contributed by atoms with Crippen LogP contribution in [0.4, 0.5) is 0 Å². The Hall–Kier alpha value is -1.77. The van der Waals surface area contributed by atoms with Gasteiger partial charge < -0.3 is 9.47 Å². The second kappa shape index (κ2) is 7.54. The van der Waals surface area contributed by atoms with Gasteiger partial charge in [-0.3, -0.25) is 4.79 Å². The topological polar surface area (TPSA) is 35.5 Å². The molecule has 0 aliphatic carbocycles. The lowest BCUT2D eigenvalue weighted by atomic mass is 10.2. The van der Waals surface area contributed by atoms with Crippen molar-refractivity contribution >= 4 is 12.0 Å². The number of carbonyl (C=O) groups excluding carboxylic acids is 1. The van der Waals surface area contributed by atoms with Crippen LogP contribution in [0.25, 0.3) is 6.08 Å². The summed E-state index contributed by atoms with van der Waals surface area (Å²) in [6.45, 7) is 6.21. The van der Waals surface area contributed by atoms with Crippen LogP contribution < -0.4 is 4.74 Å². The molecule has 0 heterocycles. The Bertz CT molecular complexity index is 391. The second-order valence-corrected chi connectivity index (χ2v) is 4.15. The summed E-state index contributed by atoms with van der Waals surface area (Å²) in [5.74, 6) is 0.654. The van der Waals surface area contributed by atoms with Crippen LogP contribution in [-0.2, 0) is 9.53 Å². The van der Waals surface area contributed by atoms with Gasteiger partial charge >= 0.3 is 5.97 Å². The molecule has 98 valence electrons. The maximum absolute atomic E-state index is 11.1. The first-order valence-corrected chi connectivity index (χ1v) is 6.20. The minimum Gasteiger partial charge on any atom is -0.491 e. The van der Waals surface area contributed by atoms with E-state index in [4.69, 9.17) is 9.47 Å². The molecule has 0 unspecified atom stereocenters. The molecule has 0 amide bonds. The Balaban J connectivity index is 2.48. The van der Waals surface area contributed by atoms with E-state index in [1.807, 2.05) is 44.2 Å². The maximum atomic E-state index is 11.1. The van der Waals surface area contributed by atoms with Crippen LogP contribution in [0.15, 0.2) is 30.3 Å². The number of rotatable bonds is 6. The highest BCUT2D eigenvalue weighted by Crippen LogP contribution is 2.14. The molecule has 0 aliphatic heterocycles. The molecular formula is C15H20O3. The Morgan fingerprint density at radius 3 is 2.50 bits per heavy atom. The predicted molar refractivity (Wildman–Crippen MR) is 72.5 cm³/mol. The largest absolute Gasteiger partial charge is 0.491 e. The SMILES string of the molecule is CCOC(=O)CC=Cc1ccc(OC(C)C)cc1. The molecule has 0 saturated heterocycles. The van der Waals surface area contributed by atoms with Crippen LogP contribution in [0.3, 0.4) is 0 Å². The molecule has 0 fully saturated rings. The van der Waals surface area contributed by atoms with Crippen molar-refractivity contribution in [2.24, 2.45) is 0 Å². The zero-order chi connectivity index (χ0) is 13.4. The van der Waals surface area contributed by atoms with Gasteiger partial charge in [-0.1, -0.05) is 24.3 Å². The first-order valence-electron chi connectivity index (χ1n) is 6.20. The Kier molecular flexibility index (Phi) is 5.98. The van der Waals surface area contributed by atoms with Gasteiger partial charge in [0.25, 0.3) is 0 Å². The molecule has 0 N–H and O–H groups in total. The lowest BCUT2D eigenvalue weighted by Crippen LogP contribution is -2.05. The van der Waals surface area contributed by atoms with Crippen LogP contribution >= 0.6 is 0 Å². The van der Waals surface area contributed by atoms with Gasteiger partial charge in [-0.05, 0) is 38.5 Å². The summed E-state index contributed by atoms with van der Waals surface area (Å²) in [5.41, 5.74) is 1.04. The van der Waals surface area contributed by atoms with Crippen molar-refractivity contribution in [3.05, 3.63) is 35.9 Å². The average Bonchev–Trinajstić information content (AvgIpc) is 2.31. The van der Waals surface area contributed by atoms with E-state index in [0.717, 1.165) is 11.3 Å². The van der Waals surface area contributed by atoms with Gasteiger partial charge in [-0.2, -0.15) is 0 Å². The van der Waals surface area contributed by atoms with Crippen molar-refractivity contribution in [1.29, 1.82) is 0 Å². The normalized spacial score (nSPS) is 10.9. The van der Waals surface area contributed by atoms with E-state index in [0.29, 0.717) is 13.0 Å². The minimum absolute atomic E-state index is 0.176. The van der Waals surface area contributed by atoms with Gasteiger partial charge in [0.05, 0.1) is 19.1 Å². The van der Waals surface area contributed by atoms with Gasteiger partial charge in [0.15, 0.2) is 0 Å². The summed E-state index contributed by atoms with van der Waals surface area (Å²) in [6, 6.07) is 7.76. The summed E-state index contributed by atoms with van der Waals surface area (Å²) in [7, 11) is 0. The summed E-state index contributed by atoms with van der Waals surface area (Å²) in [6.07, 6.45) is 4.18. The van der Waals surface area contributed by atoms with Crippen molar-refractivity contribution in [3.8, 4) is 5.75 Å². The van der Waals surface area contributed by atoms with E-state index >= 15 is 0 Å². The van der Waals surface area contributed by atoms with Crippen molar-refractivity contribution in [2.45, 2.75) is 33.3 Å². The minimum atomic E-state index is -0.200. The van der Waals surface area contributed by atoms with Gasteiger partial charge in [0, 0.05) is 0 Å². The van der Waals surface area contributed by atoms with Gasteiger partial charge in [-0.15, -0.1) is 0 Å². The number of benzene rings is 1. The lowest BCUT2D eigenvalue weighted by molar-refractivity contribution is -0.142. The van der Waals surface area contributed by atoms with E-state index in [1.54, 1.807) is 13.0 Å². The third kappa shape index (κ3) is 5.53. The number of hydrogen-bond donors (Lipinski definition) is 0. The standard InChI is InChI=1S/C15H20O3/c1-4-17-15(16)7-5-6-13-8-10-14(11-9-13)18-12(2)3/h5-6,8-12H,4,7H2,1-3H3. The first kappa shape index (κ1) is 14.3. The van der Waals surface area contributed by atoms with Crippen molar-refractivity contribution in [2.75, 3.05) is 6.61 Å². The molecule has 0 radical (unpaired) electrons. The number of ether oxygens (including phenoxy) is 2. The number of hydrogen-bond acceptors (Lipinski definition) is 3. The van der Waals surface area contributed by atoms with Gasteiger partial charge in [0.2, 0.25) is 0 Å². The highest BCUT2D eigenvalue weighted by molar-refractivity contribution is 5.72. The molecule has 3 nitrogen and oxygen atoms in total. The zero-order valence-corrected chi connectivity index (χ0v) is 11.2. The fourth-order valence-electron chi connectivity index (χ4n) is 1.44. The Morgan fingerprint density at radius 2 is 1.94 bits per heavy atom. The Labute approximate surface area is 108 Å². The molecule has 0 spiro atoms. The molecule has 0 bridgehead atoms. The molecule has 0 aliphatic rings. The van der Waals surface area contributed by atoms with Crippen LogP contribution in [0, 0.1) is 0 Å². The third-order valence-electron chi connectivity index (χ3n) is 2.15. The van der Waals surface area contributed by atoms with Crippen LogP contribution in [0.2, 0.25) is 0 Å². The van der Waals surface area contributed by atoms with Crippen molar-refractivity contribution in [1.82, 2.24) is 0 Å². The molecule has 3 heteroatoms. The first-order chi connectivity index (χ1) is 8.61. The molecule has 1 aromatic carbocycles. The molecule has 0 aromatic heterocycles. The molecule has 1 rings (SSSR count). The molecular weight excluding hydrogens is 228 g/mol. The molecule has 1 aromatic rings. The highest BCUT2D eigenvalue weighted by atomic mass is 16.5. The lowest BCUT2D eigenvalue weighted by Gasteiger charge is -2.09. The van der Waals surface area contributed by atoms with E-state index < -0.39 is 0 Å². The summed E-state index contributed by atoms with van der Waals surface area (Å²) >= 11 is 0. The maximum Gasteiger partial charge on any atom is 0.309 e.